The Hall–Kier alpha value is -0.860. The average molecular weight is 233 g/mol. The van der Waals surface area contributed by atoms with Gasteiger partial charge in [0.1, 0.15) is 6.23 Å². The van der Waals surface area contributed by atoms with Crippen molar-refractivity contribution in [1.29, 1.82) is 0 Å². The molecule has 0 radical (unpaired) electrons. The molecule has 2 atom stereocenters. The van der Waals surface area contributed by atoms with Crippen LogP contribution in [0.3, 0.4) is 0 Å². The van der Waals surface area contributed by atoms with Crippen LogP contribution in [0.15, 0.2) is 30.3 Å². The van der Waals surface area contributed by atoms with Crippen molar-refractivity contribution in [1.82, 2.24) is 5.32 Å². The molecule has 1 aliphatic rings. The van der Waals surface area contributed by atoms with Gasteiger partial charge in [0.25, 0.3) is 0 Å². The number of ether oxygens (including phenoxy) is 1. The topological polar surface area (TPSA) is 21.3 Å². The first-order valence-electron chi connectivity index (χ1n) is 6.52. The lowest BCUT2D eigenvalue weighted by molar-refractivity contribution is -0.0898. The molecule has 1 aromatic rings. The molecule has 1 N–H and O–H groups in total. The highest BCUT2D eigenvalue weighted by molar-refractivity contribution is 5.14. The Bertz CT molecular complexity index is 347. The second kappa shape index (κ2) is 5.19. The molecule has 2 rings (SSSR count). The van der Waals surface area contributed by atoms with E-state index in [1.165, 1.54) is 5.56 Å². The highest BCUT2D eigenvalue weighted by atomic mass is 16.5. The normalized spacial score (nSPS) is 27.9. The molecule has 0 aromatic heterocycles. The minimum Gasteiger partial charge on any atom is -0.360 e. The number of aryl methyl sites for hydroxylation is 1. The number of hydrogen-bond donors (Lipinski definition) is 1. The largest absolute Gasteiger partial charge is 0.360 e. The minimum absolute atomic E-state index is 0.189. The molecular formula is C15H23NO. The summed E-state index contributed by atoms with van der Waals surface area (Å²) in [7, 11) is 0. The van der Waals surface area contributed by atoms with Crippen LogP contribution >= 0.6 is 0 Å². The first-order valence-corrected chi connectivity index (χ1v) is 6.52. The van der Waals surface area contributed by atoms with Crippen molar-refractivity contribution >= 4 is 0 Å². The van der Waals surface area contributed by atoms with Crippen LogP contribution in [-0.2, 0) is 11.2 Å². The predicted molar refractivity (Wildman–Crippen MR) is 70.9 cm³/mol. The first kappa shape index (κ1) is 12.6. The molecule has 1 aliphatic heterocycles. The zero-order chi connectivity index (χ0) is 12.3. The molecule has 1 saturated heterocycles. The summed E-state index contributed by atoms with van der Waals surface area (Å²) in [5.41, 5.74) is 1.58. The summed E-state index contributed by atoms with van der Waals surface area (Å²) in [6.45, 7) is 6.67. The molecule has 2 nitrogen and oxygen atoms in total. The van der Waals surface area contributed by atoms with Crippen molar-refractivity contribution in [2.45, 2.75) is 57.9 Å². The van der Waals surface area contributed by atoms with E-state index in [-0.39, 0.29) is 11.8 Å². The van der Waals surface area contributed by atoms with Gasteiger partial charge in [0.15, 0.2) is 0 Å². The van der Waals surface area contributed by atoms with Gasteiger partial charge in [0.2, 0.25) is 0 Å². The van der Waals surface area contributed by atoms with Gasteiger partial charge in [-0.2, -0.15) is 0 Å². The van der Waals surface area contributed by atoms with Crippen LogP contribution in [0, 0.1) is 0 Å². The maximum atomic E-state index is 5.93. The van der Waals surface area contributed by atoms with E-state index in [0.29, 0.717) is 6.10 Å². The van der Waals surface area contributed by atoms with Crippen LogP contribution < -0.4 is 5.32 Å². The van der Waals surface area contributed by atoms with E-state index in [1.807, 2.05) is 0 Å². The van der Waals surface area contributed by atoms with Crippen molar-refractivity contribution in [3.63, 3.8) is 0 Å². The van der Waals surface area contributed by atoms with Crippen molar-refractivity contribution in [2.75, 3.05) is 0 Å². The zero-order valence-electron chi connectivity index (χ0n) is 11.1. The van der Waals surface area contributed by atoms with Crippen LogP contribution in [0.25, 0.3) is 0 Å². The Morgan fingerprint density at radius 3 is 2.65 bits per heavy atom. The van der Waals surface area contributed by atoms with Gasteiger partial charge in [-0.3, -0.25) is 5.32 Å². The third kappa shape index (κ3) is 3.83. The summed E-state index contributed by atoms with van der Waals surface area (Å²) in [6.07, 6.45) is 3.73. The third-order valence-electron chi connectivity index (χ3n) is 3.28. The van der Waals surface area contributed by atoms with Crippen molar-refractivity contribution in [2.24, 2.45) is 0 Å². The molecular weight excluding hydrogens is 210 g/mol. The number of benzene rings is 1. The lowest BCUT2D eigenvalue weighted by Crippen LogP contribution is -2.54. The Labute approximate surface area is 104 Å². The lowest BCUT2D eigenvalue weighted by atomic mass is 9.94. The van der Waals surface area contributed by atoms with E-state index in [1.54, 1.807) is 0 Å². The molecule has 0 unspecified atom stereocenters. The van der Waals surface area contributed by atoms with Gasteiger partial charge < -0.3 is 4.74 Å². The maximum Gasteiger partial charge on any atom is 0.109 e. The van der Waals surface area contributed by atoms with Crippen molar-refractivity contribution in [3.05, 3.63) is 35.9 Å². The third-order valence-corrected chi connectivity index (χ3v) is 3.28. The fourth-order valence-electron chi connectivity index (χ4n) is 2.66. The van der Waals surface area contributed by atoms with Crippen LogP contribution in [-0.4, -0.2) is 17.9 Å². The van der Waals surface area contributed by atoms with Gasteiger partial charge in [0, 0.05) is 5.54 Å². The molecule has 0 saturated carbocycles. The Morgan fingerprint density at radius 2 is 2.00 bits per heavy atom. The molecule has 1 fully saturated rings. The van der Waals surface area contributed by atoms with E-state index in [0.717, 1.165) is 19.3 Å². The lowest BCUT2D eigenvalue weighted by Gasteiger charge is -2.40. The summed E-state index contributed by atoms with van der Waals surface area (Å²) in [6, 6.07) is 10.6. The highest BCUT2D eigenvalue weighted by Gasteiger charge is 2.31. The smallest absolute Gasteiger partial charge is 0.109 e. The van der Waals surface area contributed by atoms with Crippen LogP contribution in [0.4, 0.5) is 0 Å². The fraction of sp³-hybridized carbons (Fsp3) is 0.600. The van der Waals surface area contributed by atoms with Gasteiger partial charge in [-0.05, 0) is 45.6 Å². The van der Waals surface area contributed by atoms with E-state index in [9.17, 15) is 0 Å². The molecule has 0 spiro atoms. The summed E-state index contributed by atoms with van der Waals surface area (Å²) in [5.74, 6) is 0. The Balaban J connectivity index is 1.87. The minimum atomic E-state index is 0.189. The SMILES string of the molecule is C[C@@H]1CC(C)(C)N[C@H](CCc2ccccc2)O1. The standard InChI is InChI=1S/C15H23NO/c1-12-11-15(2,3)16-14(17-12)10-9-13-7-5-4-6-8-13/h4-8,12,14,16H,9-11H2,1-3H3/t12-,14+/m1/s1. The zero-order valence-corrected chi connectivity index (χ0v) is 11.1. The molecule has 1 aromatic carbocycles. The number of nitrogens with one attached hydrogen (secondary N) is 1. The molecule has 0 bridgehead atoms. The summed E-state index contributed by atoms with van der Waals surface area (Å²) >= 11 is 0. The second-order valence-corrected chi connectivity index (χ2v) is 5.69. The van der Waals surface area contributed by atoms with Crippen LogP contribution in [0.2, 0.25) is 0 Å². The molecule has 0 amide bonds. The summed E-state index contributed by atoms with van der Waals surface area (Å²) in [5, 5.41) is 3.57. The van der Waals surface area contributed by atoms with E-state index in [4.69, 9.17) is 4.74 Å². The van der Waals surface area contributed by atoms with E-state index < -0.39 is 0 Å². The molecule has 94 valence electrons. The molecule has 1 heterocycles. The van der Waals surface area contributed by atoms with Crippen LogP contribution in [0.1, 0.15) is 39.2 Å². The van der Waals surface area contributed by atoms with Gasteiger partial charge in [-0.25, -0.2) is 0 Å². The van der Waals surface area contributed by atoms with Crippen molar-refractivity contribution in [3.8, 4) is 0 Å². The second-order valence-electron chi connectivity index (χ2n) is 5.69. The Kier molecular flexibility index (Phi) is 3.85. The monoisotopic (exact) mass is 233 g/mol. The maximum absolute atomic E-state index is 5.93. The van der Waals surface area contributed by atoms with Crippen LogP contribution in [0.5, 0.6) is 0 Å². The molecule has 17 heavy (non-hydrogen) atoms. The van der Waals surface area contributed by atoms with Gasteiger partial charge >= 0.3 is 0 Å². The predicted octanol–water partition coefficient (Wildman–Crippen LogP) is 3.12. The average Bonchev–Trinajstić information content (AvgIpc) is 2.25. The summed E-state index contributed by atoms with van der Waals surface area (Å²) in [4.78, 5) is 0. The van der Waals surface area contributed by atoms with E-state index >= 15 is 0 Å². The number of hydrogen-bond acceptors (Lipinski definition) is 2. The molecule has 0 aliphatic carbocycles. The number of rotatable bonds is 3. The van der Waals surface area contributed by atoms with Crippen molar-refractivity contribution < 1.29 is 4.74 Å². The van der Waals surface area contributed by atoms with Gasteiger partial charge in [-0.15, -0.1) is 0 Å². The summed E-state index contributed by atoms with van der Waals surface area (Å²) < 4.78 is 5.93. The first-order chi connectivity index (χ1) is 8.05. The van der Waals surface area contributed by atoms with Gasteiger partial charge in [0.05, 0.1) is 6.10 Å². The highest BCUT2D eigenvalue weighted by Crippen LogP contribution is 2.23. The molecule has 2 heteroatoms. The van der Waals surface area contributed by atoms with E-state index in [2.05, 4.69) is 56.4 Å². The van der Waals surface area contributed by atoms with Gasteiger partial charge in [-0.1, -0.05) is 30.3 Å². The quantitative estimate of drug-likeness (QED) is 0.866. The fourth-order valence-corrected chi connectivity index (χ4v) is 2.66. The Morgan fingerprint density at radius 1 is 1.29 bits per heavy atom.